The lowest BCUT2D eigenvalue weighted by atomic mass is 10.0. The van der Waals surface area contributed by atoms with E-state index >= 15 is 0 Å². The number of hydrogen-bond donors (Lipinski definition) is 3. The number of nitrogens with one attached hydrogen (secondary N) is 2. The normalized spacial score (nSPS) is 16.9. The second kappa shape index (κ2) is 9.57. The predicted octanol–water partition coefficient (Wildman–Crippen LogP) is 1.81. The van der Waals surface area contributed by atoms with Crippen LogP contribution in [0.2, 0.25) is 0 Å². The molecule has 31 heavy (non-hydrogen) atoms. The molecular weight excluding hydrogens is 394 g/mol. The summed E-state index contributed by atoms with van der Waals surface area (Å²) in [7, 11) is 1.92. The summed E-state index contributed by atoms with van der Waals surface area (Å²) in [6.45, 7) is 3.20. The summed E-state index contributed by atoms with van der Waals surface area (Å²) < 4.78 is 7.68. The van der Waals surface area contributed by atoms with E-state index in [1.165, 1.54) is 0 Å². The Morgan fingerprint density at radius 2 is 2.06 bits per heavy atom. The molecule has 0 saturated carbocycles. The first-order valence-electron chi connectivity index (χ1n) is 10.3. The molecule has 2 unspecified atom stereocenters. The molecule has 0 saturated heterocycles. The molecule has 9 nitrogen and oxygen atoms in total. The zero-order valence-electron chi connectivity index (χ0n) is 17.7. The average molecular weight is 422 g/mol. The van der Waals surface area contributed by atoms with Gasteiger partial charge in [-0.25, -0.2) is 4.99 Å². The second-order valence-electron chi connectivity index (χ2n) is 7.44. The SMILES string of the molecule is Cc1nnc(CN=C(NCC(O)c2ccncc2)NC2CCOc3ccccc32)n1C. The van der Waals surface area contributed by atoms with Crippen LogP contribution in [0.4, 0.5) is 0 Å². The summed E-state index contributed by atoms with van der Waals surface area (Å²) >= 11 is 0. The molecule has 3 heterocycles. The van der Waals surface area contributed by atoms with E-state index in [0.29, 0.717) is 25.7 Å². The summed E-state index contributed by atoms with van der Waals surface area (Å²) in [5.41, 5.74) is 1.88. The topological polar surface area (TPSA) is 109 Å². The summed E-state index contributed by atoms with van der Waals surface area (Å²) in [6.07, 6.45) is 3.46. The number of rotatable bonds is 6. The Balaban J connectivity index is 1.51. The van der Waals surface area contributed by atoms with Crippen molar-refractivity contribution in [3.05, 3.63) is 71.6 Å². The number of guanidine groups is 1. The molecule has 1 aliphatic rings. The van der Waals surface area contributed by atoms with E-state index in [-0.39, 0.29) is 6.04 Å². The van der Waals surface area contributed by atoms with Gasteiger partial charge in [0.25, 0.3) is 0 Å². The van der Waals surface area contributed by atoms with Crippen LogP contribution in [0.1, 0.15) is 41.3 Å². The van der Waals surface area contributed by atoms with Crippen LogP contribution in [0.15, 0.2) is 53.8 Å². The van der Waals surface area contributed by atoms with Crippen LogP contribution in [0.5, 0.6) is 5.75 Å². The average Bonchev–Trinajstić information content (AvgIpc) is 3.13. The standard InChI is InChI=1S/C22H27N7O2/c1-15-27-28-21(29(15)2)14-25-22(24-13-19(30)16-7-10-23-11-8-16)26-18-9-12-31-20-6-4-3-5-17(18)20/h3-8,10-11,18-19,30H,9,12-14H2,1-2H3,(H2,24,25,26). The minimum Gasteiger partial charge on any atom is -0.493 e. The van der Waals surface area contributed by atoms with Crippen molar-refractivity contribution >= 4 is 5.96 Å². The van der Waals surface area contributed by atoms with Gasteiger partial charge >= 0.3 is 0 Å². The van der Waals surface area contributed by atoms with Crippen molar-refractivity contribution in [3.8, 4) is 5.75 Å². The number of aliphatic hydroxyl groups excluding tert-OH is 1. The van der Waals surface area contributed by atoms with Crippen molar-refractivity contribution in [3.63, 3.8) is 0 Å². The van der Waals surface area contributed by atoms with Crippen LogP contribution < -0.4 is 15.4 Å². The number of ether oxygens (including phenoxy) is 1. The van der Waals surface area contributed by atoms with Gasteiger partial charge in [-0.1, -0.05) is 18.2 Å². The predicted molar refractivity (Wildman–Crippen MR) is 117 cm³/mol. The molecule has 9 heteroatoms. The van der Waals surface area contributed by atoms with Gasteiger partial charge in [-0.15, -0.1) is 10.2 Å². The molecule has 1 aromatic carbocycles. The molecule has 0 amide bonds. The van der Waals surface area contributed by atoms with Crippen LogP contribution in [-0.4, -0.2) is 44.0 Å². The number of aryl methyl sites for hydroxylation is 1. The van der Waals surface area contributed by atoms with Gasteiger partial charge in [0, 0.05) is 38.0 Å². The molecule has 0 aliphatic carbocycles. The maximum atomic E-state index is 10.5. The summed E-state index contributed by atoms with van der Waals surface area (Å²) in [5, 5.41) is 25.6. The fraction of sp³-hybridized carbons (Fsp3) is 0.364. The number of aromatic nitrogens is 4. The maximum Gasteiger partial charge on any atom is 0.192 e. The molecule has 0 spiro atoms. The summed E-state index contributed by atoms with van der Waals surface area (Å²) in [4.78, 5) is 8.71. The first-order valence-corrected chi connectivity index (χ1v) is 10.3. The van der Waals surface area contributed by atoms with Crippen molar-refractivity contribution in [1.82, 2.24) is 30.4 Å². The molecule has 4 rings (SSSR count). The number of aliphatic imine (C=N–C) groups is 1. The van der Waals surface area contributed by atoms with Crippen molar-refractivity contribution < 1.29 is 9.84 Å². The molecule has 3 N–H and O–H groups in total. The molecule has 0 fully saturated rings. The van der Waals surface area contributed by atoms with Crippen molar-refractivity contribution in [1.29, 1.82) is 0 Å². The molecule has 3 aromatic rings. The molecule has 0 radical (unpaired) electrons. The van der Waals surface area contributed by atoms with E-state index in [0.717, 1.165) is 34.9 Å². The highest BCUT2D eigenvalue weighted by Crippen LogP contribution is 2.31. The molecule has 1 aliphatic heterocycles. The van der Waals surface area contributed by atoms with Crippen molar-refractivity contribution in [2.24, 2.45) is 12.0 Å². The third kappa shape index (κ3) is 5.00. The molecular formula is C22H27N7O2. The number of hydrogen-bond acceptors (Lipinski definition) is 6. The van der Waals surface area contributed by atoms with Gasteiger partial charge in [-0.3, -0.25) is 4.98 Å². The Bertz CT molecular complexity index is 1040. The highest BCUT2D eigenvalue weighted by Gasteiger charge is 2.22. The van der Waals surface area contributed by atoms with E-state index < -0.39 is 6.10 Å². The largest absolute Gasteiger partial charge is 0.493 e. The van der Waals surface area contributed by atoms with Crippen LogP contribution in [0.25, 0.3) is 0 Å². The molecule has 2 aromatic heterocycles. The zero-order chi connectivity index (χ0) is 21.6. The highest BCUT2D eigenvalue weighted by molar-refractivity contribution is 5.80. The fourth-order valence-electron chi connectivity index (χ4n) is 3.44. The zero-order valence-corrected chi connectivity index (χ0v) is 17.7. The van der Waals surface area contributed by atoms with Gasteiger partial charge in [0.05, 0.1) is 18.8 Å². The minimum absolute atomic E-state index is 0.0514. The highest BCUT2D eigenvalue weighted by atomic mass is 16.5. The van der Waals surface area contributed by atoms with Gasteiger partial charge in [0.2, 0.25) is 0 Å². The lowest BCUT2D eigenvalue weighted by Crippen LogP contribution is -2.42. The number of fused-ring (bicyclic) bond motifs is 1. The Labute approximate surface area is 181 Å². The van der Waals surface area contributed by atoms with Gasteiger partial charge < -0.3 is 25.0 Å². The first kappa shape index (κ1) is 20.8. The Morgan fingerprint density at radius 3 is 2.84 bits per heavy atom. The monoisotopic (exact) mass is 421 g/mol. The van der Waals surface area contributed by atoms with Crippen LogP contribution in [0, 0.1) is 6.92 Å². The third-order valence-corrected chi connectivity index (χ3v) is 5.38. The lowest BCUT2D eigenvalue weighted by molar-refractivity contribution is 0.180. The maximum absolute atomic E-state index is 10.5. The molecule has 2 atom stereocenters. The molecule has 162 valence electrons. The third-order valence-electron chi connectivity index (χ3n) is 5.38. The summed E-state index contributed by atoms with van der Waals surface area (Å²) in [6, 6.07) is 11.7. The van der Waals surface area contributed by atoms with Gasteiger partial charge in [0.1, 0.15) is 18.1 Å². The van der Waals surface area contributed by atoms with E-state index in [9.17, 15) is 5.11 Å². The first-order chi connectivity index (χ1) is 15.1. The van der Waals surface area contributed by atoms with Gasteiger partial charge in [-0.2, -0.15) is 0 Å². The van der Waals surface area contributed by atoms with E-state index in [2.05, 4.69) is 31.9 Å². The van der Waals surface area contributed by atoms with Crippen LogP contribution >= 0.6 is 0 Å². The molecule has 0 bridgehead atoms. The number of nitrogens with zero attached hydrogens (tertiary/aromatic N) is 5. The Hall–Kier alpha value is -3.46. The second-order valence-corrected chi connectivity index (χ2v) is 7.44. The quantitative estimate of drug-likeness (QED) is 0.411. The van der Waals surface area contributed by atoms with E-state index in [1.54, 1.807) is 24.5 Å². The number of para-hydroxylation sites is 1. The Morgan fingerprint density at radius 1 is 1.26 bits per heavy atom. The Kier molecular flexibility index (Phi) is 6.42. The summed E-state index contributed by atoms with van der Waals surface area (Å²) in [5.74, 6) is 3.07. The smallest absolute Gasteiger partial charge is 0.192 e. The fourth-order valence-corrected chi connectivity index (χ4v) is 3.44. The van der Waals surface area contributed by atoms with Gasteiger partial charge in [0.15, 0.2) is 11.8 Å². The van der Waals surface area contributed by atoms with Crippen LogP contribution in [-0.2, 0) is 13.6 Å². The minimum atomic E-state index is -0.686. The number of pyridine rings is 1. The van der Waals surface area contributed by atoms with Crippen molar-refractivity contribution in [2.45, 2.75) is 32.0 Å². The van der Waals surface area contributed by atoms with Crippen LogP contribution in [0.3, 0.4) is 0 Å². The number of aliphatic hydroxyl groups is 1. The van der Waals surface area contributed by atoms with E-state index in [4.69, 9.17) is 9.73 Å². The van der Waals surface area contributed by atoms with Crippen molar-refractivity contribution in [2.75, 3.05) is 13.2 Å². The lowest BCUT2D eigenvalue weighted by Gasteiger charge is -2.28. The van der Waals surface area contributed by atoms with Gasteiger partial charge in [-0.05, 0) is 30.7 Å². The number of benzene rings is 1. The van der Waals surface area contributed by atoms with E-state index in [1.807, 2.05) is 36.7 Å².